The third-order valence-electron chi connectivity index (χ3n) is 4.62. The van der Waals surface area contributed by atoms with Gasteiger partial charge in [-0.3, -0.25) is 9.78 Å². The quantitative estimate of drug-likeness (QED) is 0.790. The first-order valence-corrected chi connectivity index (χ1v) is 8.20. The van der Waals surface area contributed by atoms with E-state index < -0.39 is 0 Å². The van der Waals surface area contributed by atoms with Crippen molar-refractivity contribution in [3.63, 3.8) is 0 Å². The minimum absolute atomic E-state index is 0.161. The second-order valence-corrected chi connectivity index (χ2v) is 7.02. The van der Waals surface area contributed by atoms with E-state index >= 15 is 0 Å². The van der Waals surface area contributed by atoms with Crippen molar-refractivity contribution in [3.05, 3.63) is 48.8 Å². The summed E-state index contributed by atoms with van der Waals surface area (Å²) < 4.78 is 2.05. The van der Waals surface area contributed by atoms with E-state index in [0.717, 1.165) is 31.5 Å². The first kappa shape index (κ1) is 15.7. The highest BCUT2D eigenvalue weighted by Gasteiger charge is 2.51. The third-order valence-corrected chi connectivity index (χ3v) is 4.62. The van der Waals surface area contributed by atoms with Gasteiger partial charge in [0, 0.05) is 50.3 Å². The molecule has 1 aliphatic rings. The molecule has 2 heterocycles. The molecule has 0 radical (unpaired) electrons. The highest BCUT2D eigenvalue weighted by Crippen LogP contribution is 2.52. The minimum Gasteiger partial charge on any atom is -0.338 e. The van der Waals surface area contributed by atoms with Gasteiger partial charge in [-0.1, -0.05) is 19.9 Å². The Morgan fingerprint density at radius 3 is 2.83 bits per heavy atom. The van der Waals surface area contributed by atoms with Gasteiger partial charge in [0.05, 0.1) is 6.33 Å². The lowest BCUT2D eigenvalue weighted by Gasteiger charge is -2.24. The number of nitrogens with zero attached hydrogens (tertiary/aromatic N) is 4. The van der Waals surface area contributed by atoms with E-state index in [1.807, 2.05) is 40.3 Å². The molecule has 122 valence electrons. The van der Waals surface area contributed by atoms with Crippen LogP contribution in [0.25, 0.3) is 0 Å². The molecule has 0 bridgehead atoms. The van der Waals surface area contributed by atoms with Crippen molar-refractivity contribution in [1.29, 1.82) is 0 Å². The zero-order valence-electron chi connectivity index (χ0n) is 13.9. The molecule has 0 N–H and O–H groups in total. The van der Waals surface area contributed by atoms with Crippen LogP contribution in [0.5, 0.6) is 0 Å². The second-order valence-electron chi connectivity index (χ2n) is 7.02. The molecule has 2 aromatic rings. The summed E-state index contributed by atoms with van der Waals surface area (Å²) in [5, 5.41) is 0. The van der Waals surface area contributed by atoms with Crippen LogP contribution < -0.4 is 0 Å². The van der Waals surface area contributed by atoms with Crippen molar-refractivity contribution >= 4 is 5.91 Å². The summed E-state index contributed by atoms with van der Waals surface area (Å²) in [6.07, 6.45) is 11.1. The van der Waals surface area contributed by atoms with E-state index in [9.17, 15) is 4.79 Å². The van der Waals surface area contributed by atoms with E-state index in [0.29, 0.717) is 6.54 Å². The van der Waals surface area contributed by atoms with E-state index in [1.165, 1.54) is 0 Å². The lowest BCUT2D eigenvalue weighted by molar-refractivity contribution is -0.134. The van der Waals surface area contributed by atoms with Gasteiger partial charge in [-0.25, -0.2) is 4.98 Å². The van der Waals surface area contributed by atoms with Crippen LogP contribution in [0.4, 0.5) is 0 Å². The molecule has 1 fully saturated rings. The third kappa shape index (κ3) is 3.97. The molecule has 0 aromatic carbocycles. The maximum atomic E-state index is 12.8. The molecule has 0 spiro atoms. The number of pyridine rings is 1. The first-order valence-electron chi connectivity index (χ1n) is 8.20. The predicted octanol–water partition coefficient (Wildman–Crippen LogP) is 2.74. The molecule has 0 aliphatic heterocycles. The Labute approximate surface area is 137 Å². The summed E-state index contributed by atoms with van der Waals surface area (Å²) in [6.45, 7) is 6.62. The van der Waals surface area contributed by atoms with Crippen molar-refractivity contribution in [1.82, 2.24) is 19.4 Å². The van der Waals surface area contributed by atoms with Crippen LogP contribution in [0.3, 0.4) is 0 Å². The molecule has 0 saturated heterocycles. The van der Waals surface area contributed by atoms with Crippen molar-refractivity contribution < 1.29 is 4.79 Å². The lowest BCUT2D eigenvalue weighted by Crippen LogP contribution is -2.34. The highest BCUT2D eigenvalue weighted by atomic mass is 16.2. The largest absolute Gasteiger partial charge is 0.338 e. The van der Waals surface area contributed by atoms with E-state index in [4.69, 9.17) is 0 Å². The summed E-state index contributed by atoms with van der Waals surface area (Å²) in [5.41, 5.74) is 1.25. The van der Waals surface area contributed by atoms with Gasteiger partial charge in [-0.05, 0) is 29.9 Å². The standard InChI is InChI=1S/C18H24N4O/c1-18(2)11-16(18)17(23)22(13-15-5-3-6-19-12-15)9-4-8-21-10-7-20-14-21/h3,5-7,10,12,14,16H,4,8-9,11,13H2,1-2H3. The van der Waals surface area contributed by atoms with Gasteiger partial charge in [-0.2, -0.15) is 0 Å². The smallest absolute Gasteiger partial charge is 0.226 e. The molecule has 1 amide bonds. The molecule has 1 aliphatic carbocycles. The molecular formula is C18H24N4O. The minimum atomic E-state index is 0.161. The van der Waals surface area contributed by atoms with Crippen LogP contribution in [0.15, 0.2) is 43.2 Å². The average molecular weight is 312 g/mol. The summed E-state index contributed by atoms with van der Waals surface area (Å²) in [7, 11) is 0. The molecule has 5 heteroatoms. The van der Waals surface area contributed by atoms with Crippen LogP contribution in [0, 0.1) is 11.3 Å². The second kappa shape index (κ2) is 6.52. The maximum Gasteiger partial charge on any atom is 0.226 e. The number of hydrogen-bond donors (Lipinski definition) is 0. The van der Waals surface area contributed by atoms with Crippen LogP contribution in [0.2, 0.25) is 0 Å². The molecule has 3 rings (SSSR count). The zero-order chi connectivity index (χ0) is 16.3. The summed E-state index contributed by atoms with van der Waals surface area (Å²) in [5.74, 6) is 0.455. The number of aromatic nitrogens is 3. The number of rotatable bonds is 7. The molecule has 1 unspecified atom stereocenters. The van der Waals surface area contributed by atoms with Gasteiger partial charge in [0.15, 0.2) is 0 Å². The Balaban J connectivity index is 1.62. The van der Waals surface area contributed by atoms with Crippen LogP contribution >= 0.6 is 0 Å². The monoisotopic (exact) mass is 312 g/mol. The number of aryl methyl sites for hydroxylation is 1. The average Bonchev–Trinajstić information content (AvgIpc) is 2.95. The number of hydrogen-bond acceptors (Lipinski definition) is 3. The van der Waals surface area contributed by atoms with Crippen LogP contribution in [-0.2, 0) is 17.9 Å². The molecular weight excluding hydrogens is 288 g/mol. The molecule has 23 heavy (non-hydrogen) atoms. The fourth-order valence-corrected chi connectivity index (χ4v) is 2.95. The van der Waals surface area contributed by atoms with Crippen LogP contribution in [-0.4, -0.2) is 31.9 Å². The normalized spacial score (nSPS) is 18.6. The van der Waals surface area contributed by atoms with Gasteiger partial charge < -0.3 is 9.47 Å². The Morgan fingerprint density at radius 2 is 2.22 bits per heavy atom. The Morgan fingerprint density at radius 1 is 1.39 bits per heavy atom. The predicted molar refractivity (Wildman–Crippen MR) is 88.4 cm³/mol. The van der Waals surface area contributed by atoms with Gasteiger partial charge >= 0.3 is 0 Å². The number of carbonyl (C=O) groups excluding carboxylic acids is 1. The SMILES string of the molecule is CC1(C)CC1C(=O)N(CCCn1ccnc1)Cc1cccnc1. The highest BCUT2D eigenvalue weighted by molar-refractivity contribution is 5.82. The van der Waals surface area contributed by atoms with Crippen molar-refractivity contribution in [3.8, 4) is 0 Å². The number of amides is 1. The molecule has 5 nitrogen and oxygen atoms in total. The number of carbonyl (C=O) groups is 1. The molecule has 1 atom stereocenters. The molecule has 2 aromatic heterocycles. The van der Waals surface area contributed by atoms with Crippen molar-refractivity contribution in [2.24, 2.45) is 11.3 Å². The van der Waals surface area contributed by atoms with Crippen molar-refractivity contribution in [2.75, 3.05) is 6.54 Å². The summed E-state index contributed by atoms with van der Waals surface area (Å²) in [6, 6.07) is 3.95. The summed E-state index contributed by atoms with van der Waals surface area (Å²) >= 11 is 0. The zero-order valence-corrected chi connectivity index (χ0v) is 13.9. The van der Waals surface area contributed by atoms with Gasteiger partial charge in [0.1, 0.15) is 0 Å². The Bertz CT molecular complexity index is 636. The number of imidazole rings is 1. The van der Waals surface area contributed by atoms with Crippen LogP contribution in [0.1, 0.15) is 32.3 Å². The lowest BCUT2D eigenvalue weighted by atomic mass is 10.1. The Hall–Kier alpha value is -2.17. The summed E-state index contributed by atoms with van der Waals surface area (Å²) in [4.78, 5) is 23.0. The first-order chi connectivity index (χ1) is 11.1. The van der Waals surface area contributed by atoms with Gasteiger partial charge in [0.25, 0.3) is 0 Å². The van der Waals surface area contributed by atoms with E-state index in [1.54, 1.807) is 12.4 Å². The van der Waals surface area contributed by atoms with Crippen molar-refractivity contribution in [2.45, 2.75) is 39.8 Å². The Kier molecular flexibility index (Phi) is 4.46. The van der Waals surface area contributed by atoms with E-state index in [2.05, 4.69) is 23.8 Å². The maximum absolute atomic E-state index is 12.8. The fraction of sp³-hybridized carbons (Fsp3) is 0.500. The van der Waals surface area contributed by atoms with E-state index in [-0.39, 0.29) is 17.2 Å². The fourth-order valence-electron chi connectivity index (χ4n) is 2.95. The van der Waals surface area contributed by atoms with Gasteiger partial charge in [0.2, 0.25) is 5.91 Å². The topological polar surface area (TPSA) is 51.0 Å². The molecule has 1 saturated carbocycles. The van der Waals surface area contributed by atoms with Gasteiger partial charge in [-0.15, -0.1) is 0 Å².